The number of aromatic nitrogens is 4. The third-order valence-corrected chi connectivity index (χ3v) is 3.44. The van der Waals surface area contributed by atoms with Crippen molar-refractivity contribution in [3.8, 4) is 0 Å². The molecule has 2 amide bonds. The first-order valence-corrected chi connectivity index (χ1v) is 7.41. The molecule has 0 bridgehead atoms. The lowest BCUT2D eigenvalue weighted by Gasteiger charge is -2.14. The first kappa shape index (κ1) is 16.1. The smallest absolute Gasteiger partial charge is 0.320 e. The topological polar surface area (TPSA) is 76.8 Å². The molecular weight excluding hydrogens is 280 g/mol. The highest BCUT2D eigenvalue weighted by Gasteiger charge is 2.10. The molecule has 0 aliphatic carbocycles. The molecule has 0 aliphatic heterocycles. The first-order chi connectivity index (χ1) is 10.3. The zero-order chi connectivity index (χ0) is 16.3. The van der Waals surface area contributed by atoms with Gasteiger partial charge in [-0.05, 0) is 32.8 Å². The fourth-order valence-electron chi connectivity index (χ4n) is 2.37. The molecule has 0 fully saturated rings. The molecule has 2 rings (SSSR count). The van der Waals surface area contributed by atoms with Crippen molar-refractivity contribution >= 4 is 11.8 Å². The predicted octanol–water partition coefficient (Wildman–Crippen LogP) is 2.00. The number of carbonyl (C=O) groups is 1. The molecular formula is C15H24N6O. The second kappa shape index (κ2) is 6.64. The third kappa shape index (κ3) is 4.09. The molecule has 0 spiro atoms. The second-order valence-electron chi connectivity index (χ2n) is 5.84. The van der Waals surface area contributed by atoms with Gasteiger partial charge in [0, 0.05) is 31.9 Å². The van der Waals surface area contributed by atoms with Crippen molar-refractivity contribution in [1.29, 1.82) is 0 Å². The Kier molecular flexibility index (Phi) is 4.85. The number of anilines is 1. The van der Waals surface area contributed by atoms with Crippen molar-refractivity contribution in [2.45, 2.75) is 34.2 Å². The van der Waals surface area contributed by atoms with E-state index >= 15 is 0 Å². The van der Waals surface area contributed by atoms with E-state index in [0.29, 0.717) is 12.4 Å². The Hall–Kier alpha value is -2.31. The fourth-order valence-corrected chi connectivity index (χ4v) is 2.37. The molecule has 2 aromatic rings. The number of aryl methyl sites for hydroxylation is 4. The van der Waals surface area contributed by atoms with Gasteiger partial charge in [-0.15, -0.1) is 0 Å². The average Bonchev–Trinajstić information content (AvgIpc) is 2.89. The van der Waals surface area contributed by atoms with Crippen LogP contribution in [0.25, 0.3) is 0 Å². The quantitative estimate of drug-likeness (QED) is 0.887. The predicted molar refractivity (Wildman–Crippen MR) is 85.8 cm³/mol. The molecule has 0 saturated carbocycles. The van der Waals surface area contributed by atoms with Crippen molar-refractivity contribution in [3.63, 3.8) is 0 Å². The van der Waals surface area contributed by atoms with Crippen LogP contribution in [-0.2, 0) is 13.6 Å². The normalized spacial score (nSPS) is 12.2. The van der Waals surface area contributed by atoms with Gasteiger partial charge in [-0.25, -0.2) is 4.79 Å². The van der Waals surface area contributed by atoms with Crippen LogP contribution in [0.2, 0.25) is 0 Å². The Labute approximate surface area is 130 Å². The molecule has 7 nitrogen and oxygen atoms in total. The van der Waals surface area contributed by atoms with E-state index in [0.717, 1.165) is 23.6 Å². The lowest BCUT2D eigenvalue weighted by Crippen LogP contribution is -2.34. The maximum atomic E-state index is 11.9. The van der Waals surface area contributed by atoms with Gasteiger partial charge < -0.3 is 5.32 Å². The van der Waals surface area contributed by atoms with Gasteiger partial charge in [0.2, 0.25) is 0 Å². The van der Waals surface area contributed by atoms with Crippen LogP contribution < -0.4 is 10.6 Å². The zero-order valence-corrected chi connectivity index (χ0v) is 13.8. The molecule has 2 aromatic heterocycles. The molecule has 0 aliphatic rings. The molecule has 22 heavy (non-hydrogen) atoms. The number of nitrogens with one attached hydrogen (secondary N) is 2. The summed E-state index contributed by atoms with van der Waals surface area (Å²) in [5.41, 5.74) is 3.02. The molecule has 7 heteroatoms. The van der Waals surface area contributed by atoms with Crippen LogP contribution in [0.3, 0.4) is 0 Å². The lowest BCUT2D eigenvalue weighted by molar-refractivity contribution is 0.249. The number of carbonyl (C=O) groups excluding carboxylic acids is 1. The molecule has 0 aromatic carbocycles. The van der Waals surface area contributed by atoms with E-state index in [2.05, 4.69) is 33.8 Å². The maximum absolute atomic E-state index is 11.9. The van der Waals surface area contributed by atoms with Crippen LogP contribution in [0.1, 0.15) is 24.0 Å². The van der Waals surface area contributed by atoms with Crippen LogP contribution in [0, 0.1) is 26.7 Å². The summed E-state index contributed by atoms with van der Waals surface area (Å²) in [7, 11) is 1.80. The van der Waals surface area contributed by atoms with Crippen LogP contribution >= 0.6 is 0 Å². The Morgan fingerprint density at radius 3 is 2.45 bits per heavy atom. The summed E-state index contributed by atoms with van der Waals surface area (Å²) in [6.07, 6.45) is 0. The summed E-state index contributed by atoms with van der Waals surface area (Å²) in [5, 5.41) is 14.3. The summed E-state index contributed by atoms with van der Waals surface area (Å²) in [4.78, 5) is 11.9. The van der Waals surface area contributed by atoms with E-state index in [-0.39, 0.29) is 11.9 Å². The molecule has 2 heterocycles. The summed E-state index contributed by atoms with van der Waals surface area (Å²) in [6.45, 7) is 9.36. The van der Waals surface area contributed by atoms with Gasteiger partial charge in [0.15, 0.2) is 0 Å². The lowest BCUT2D eigenvalue weighted by atomic mass is 10.2. The summed E-state index contributed by atoms with van der Waals surface area (Å²) >= 11 is 0. The number of hydrogen-bond acceptors (Lipinski definition) is 3. The number of rotatable bonds is 5. The number of urea groups is 1. The van der Waals surface area contributed by atoms with E-state index in [4.69, 9.17) is 0 Å². The summed E-state index contributed by atoms with van der Waals surface area (Å²) < 4.78 is 3.62. The van der Waals surface area contributed by atoms with E-state index in [1.807, 2.05) is 31.5 Å². The standard InChI is InChI=1S/C15H24N6O/c1-10(9-21-13(4)6-11(2)19-21)8-16-15(22)17-14-7-12(3)18-20(14)5/h6-7,10H,8-9H2,1-5H3,(H2,16,17,22)/t10-/m0/s1. The van der Waals surface area contributed by atoms with E-state index in [1.165, 1.54) is 0 Å². The monoisotopic (exact) mass is 304 g/mol. The second-order valence-corrected chi connectivity index (χ2v) is 5.84. The molecule has 1 atom stereocenters. The van der Waals surface area contributed by atoms with Crippen molar-refractivity contribution in [3.05, 3.63) is 29.2 Å². The van der Waals surface area contributed by atoms with Gasteiger partial charge in [0.25, 0.3) is 0 Å². The molecule has 0 radical (unpaired) electrons. The Bertz CT molecular complexity index is 657. The number of hydrogen-bond donors (Lipinski definition) is 2. The van der Waals surface area contributed by atoms with Crippen LogP contribution in [0.5, 0.6) is 0 Å². The Morgan fingerprint density at radius 2 is 1.91 bits per heavy atom. The van der Waals surface area contributed by atoms with Gasteiger partial charge >= 0.3 is 6.03 Å². The van der Waals surface area contributed by atoms with Crippen molar-refractivity contribution < 1.29 is 4.79 Å². The van der Waals surface area contributed by atoms with E-state index < -0.39 is 0 Å². The minimum atomic E-state index is -0.219. The van der Waals surface area contributed by atoms with Gasteiger partial charge in [0.05, 0.1) is 11.4 Å². The first-order valence-electron chi connectivity index (χ1n) is 7.41. The van der Waals surface area contributed by atoms with Crippen molar-refractivity contribution in [1.82, 2.24) is 24.9 Å². The highest BCUT2D eigenvalue weighted by Crippen LogP contribution is 2.08. The molecule has 120 valence electrons. The summed E-state index contributed by atoms with van der Waals surface area (Å²) in [5.74, 6) is 0.971. The van der Waals surface area contributed by atoms with E-state index in [1.54, 1.807) is 11.7 Å². The third-order valence-electron chi connectivity index (χ3n) is 3.44. The van der Waals surface area contributed by atoms with Gasteiger partial charge in [-0.2, -0.15) is 10.2 Å². The molecule has 2 N–H and O–H groups in total. The SMILES string of the molecule is Cc1cc(NC(=O)NC[C@H](C)Cn2nc(C)cc2C)n(C)n1. The number of nitrogens with zero attached hydrogens (tertiary/aromatic N) is 4. The van der Waals surface area contributed by atoms with Crippen LogP contribution in [0.15, 0.2) is 12.1 Å². The highest BCUT2D eigenvalue weighted by atomic mass is 16.2. The van der Waals surface area contributed by atoms with Gasteiger partial charge in [0.1, 0.15) is 5.82 Å². The molecule has 0 saturated heterocycles. The van der Waals surface area contributed by atoms with Crippen LogP contribution in [-0.4, -0.2) is 32.1 Å². The van der Waals surface area contributed by atoms with Crippen molar-refractivity contribution in [2.24, 2.45) is 13.0 Å². The molecule has 0 unspecified atom stereocenters. The van der Waals surface area contributed by atoms with Crippen molar-refractivity contribution in [2.75, 3.05) is 11.9 Å². The largest absolute Gasteiger partial charge is 0.337 e. The zero-order valence-electron chi connectivity index (χ0n) is 13.8. The average molecular weight is 304 g/mol. The fraction of sp³-hybridized carbons (Fsp3) is 0.533. The van der Waals surface area contributed by atoms with E-state index in [9.17, 15) is 4.79 Å². The summed E-state index contributed by atoms with van der Waals surface area (Å²) in [6, 6.07) is 3.67. The highest BCUT2D eigenvalue weighted by molar-refractivity contribution is 5.88. The number of amides is 2. The Morgan fingerprint density at radius 1 is 1.23 bits per heavy atom. The minimum Gasteiger partial charge on any atom is -0.337 e. The minimum absolute atomic E-state index is 0.219. The van der Waals surface area contributed by atoms with Crippen LogP contribution in [0.4, 0.5) is 10.6 Å². The van der Waals surface area contributed by atoms with Gasteiger partial charge in [-0.1, -0.05) is 6.92 Å². The Balaban J connectivity index is 1.80. The van der Waals surface area contributed by atoms with Gasteiger partial charge in [-0.3, -0.25) is 14.7 Å². The maximum Gasteiger partial charge on any atom is 0.320 e.